The van der Waals surface area contributed by atoms with Gasteiger partial charge >= 0.3 is 0 Å². The van der Waals surface area contributed by atoms with Crippen LogP contribution in [0.4, 0.5) is 0 Å². The topological polar surface area (TPSA) is 38.9 Å². The van der Waals surface area contributed by atoms with E-state index in [1.165, 1.54) is 0 Å². The van der Waals surface area contributed by atoms with E-state index >= 15 is 0 Å². The van der Waals surface area contributed by atoms with Crippen LogP contribution >= 0.6 is 15.9 Å². The van der Waals surface area contributed by atoms with Crippen molar-refractivity contribution in [3.63, 3.8) is 0 Å². The number of aromatic nitrogens is 1. The summed E-state index contributed by atoms with van der Waals surface area (Å²) in [6.07, 6.45) is 8.49. The number of pyridine rings is 1. The summed E-state index contributed by atoms with van der Waals surface area (Å²) >= 11 is 3.27. The van der Waals surface area contributed by atoms with Gasteiger partial charge in [0.25, 0.3) is 0 Å². The Morgan fingerprint density at radius 3 is 2.91 bits per heavy atom. The first kappa shape index (κ1) is 8.25. The van der Waals surface area contributed by atoms with Crippen molar-refractivity contribution in [1.82, 2.24) is 4.98 Å². The minimum absolute atomic E-state index is 0.361. The number of nitrogens with zero attached hydrogens (tertiary/aromatic N) is 1. The van der Waals surface area contributed by atoms with Crippen LogP contribution in [0.2, 0.25) is 0 Å². The van der Waals surface area contributed by atoms with E-state index in [9.17, 15) is 0 Å². The maximum absolute atomic E-state index is 5.57. The molecule has 2 N–H and O–H groups in total. The molecule has 1 heterocycles. The van der Waals surface area contributed by atoms with Gasteiger partial charge in [-0.1, -0.05) is 5.92 Å². The van der Waals surface area contributed by atoms with Gasteiger partial charge in [-0.2, -0.15) is 0 Å². The summed E-state index contributed by atoms with van der Waals surface area (Å²) in [5.41, 5.74) is 6.42. The minimum atomic E-state index is -0.361. The largest absolute Gasteiger partial charge is 0.314 e. The third-order valence-electron chi connectivity index (χ3n) is 1.26. The van der Waals surface area contributed by atoms with Crippen LogP contribution in [0.15, 0.2) is 22.9 Å². The molecular weight excluding hydrogens is 204 g/mol. The fourth-order valence-electron chi connectivity index (χ4n) is 0.695. The Morgan fingerprint density at radius 1 is 1.64 bits per heavy atom. The summed E-state index contributed by atoms with van der Waals surface area (Å²) in [5.74, 6) is 2.43. The summed E-state index contributed by atoms with van der Waals surface area (Å²) in [4.78, 5) is 3.93. The van der Waals surface area contributed by atoms with E-state index in [1.807, 2.05) is 6.07 Å². The number of halogens is 1. The average Bonchev–Trinajstić information content (AvgIpc) is 2.03. The third-order valence-corrected chi connectivity index (χ3v) is 1.70. The molecule has 11 heavy (non-hydrogen) atoms. The van der Waals surface area contributed by atoms with Crippen molar-refractivity contribution >= 4 is 15.9 Å². The number of nitrogens with two attached hydrogens (primary N) is 1. The zero-order valence-corrected chi connectivity index (χ0v) is 7.38. The number of hydrogen-bond donors (Lipinski definition) is 1. The van der Waals surface area contributed by atoms with Crippen LogP contribution in [0.3, 0.4) is 0 Å². The standard InChI is InChI=1S/C8H7BrN2/c1-2-8(10)6-3-7(9)5-11-4-6/h1,3-5,8H,10H2. The first-order valence-electron chi connectivity index (χ1n) is 3.06. The van der Waals surface area contributed by atoms with E-state index in [0.717, 1.165) is 10.0 Å². The zero-order valence-electron chi connectivity index (χ0n) is 5.79. The van der Waals surface area contributed by atoms with Gasteiger partial charge in [0.15, 0.2) is 0 Å². The van der Waals surface area contributed by atoms with E-state index in [2.05, 4.69) is 26.8 Å². The fraction of sp³-hybridized carbons (Fsp3) is 0.125. The minimum Gasteiger partial charge on any atom is -0.314 e. The van der Waals surface area contributed by atoms with Crippen LogP contribution in [0.5, 0.6) is 0 Å². The van der Waals surface area contributed by atoms with E-state index in [4.69, 9.17) is 12.2 Å². The van der Waals surface area contributed by atoms with Gasteiger partial charge in [-0.3, -0.25) is 4.98 Å². The summed E-state index contributed by atoms with van der Waals surface area (Å²) in [7, 11) is 0. The summed E-state index contributed by atoms with van der Waals surface area (Å²) in [6, 6.07) is 1.50. The fourth-order valence-corrected chi connectivity index (χ4v) is 1.08. The Hall–Kier alpha value is -0.850. The first-order chi connectivity index (χ1) is 5.24. The molecule has 2 nitrogen and oxygen atoms in total. The second kappa shape index (κ2) is 3.51. The molecule has 0 aliphatic rings. The molecule has 0 radical (unpaired) electrons. The van der Waals surface area contributed by atoms with E-state index in [0.29, 0.717) is 0 Å². The van der Waals surface area contributed by atoms with Crippen molar-refractivity contribution < 1.29 is 0 Å². The molecule has 0 saturated heterocycles. The quantitative estimate of drug-likeness (QED) is 0.714. The smallest absolute Gasteiger partial charge is 0.0933 e. The highest BCUT2D eigenvalue weighted by molar-refractivity contribution is 9.10. The summed E-state index contributed by atoms with van der Waals surface area (Å²) < 4.78 is 0.890. The highest BCUT2D eigenvalue weighted by Gasteiger charge is 2.01. The zero-order chi connectivity index (χ0) is 8.27. The van der Waals surface area contributed by atoms with Crippen molar-refractivity contribution in [3.05, 3.63) is 28.5 Å². The number of terminal acetylenes is 1. The molecule has 0 saturated carbocycles. The number of rotatable bonds is 1. The Bertz CT molecular complexity index is 290. The second-order valence-electron chi connectivity index (χ2n) is 2.08. The third kappa shape index (κ3) is 2.04. The highest BCUT2D eigenvalue weighted by Crippen LogP contribution is 2.13. The van der Waals surface area contributed by atoms with Crippen molar-refractivity contribution in [2.75, 3.05) is 0 Å². The molecule has 0 spiro atoms. The molecule has 0 amide bonds. The summed E-state index contributed by atoms with van der Waals surface area (Å²) in [5, 5.41) is 0. The van der Waals surface area contributed by atoms with Gasteiger partial charge in [-0.05, 0) is 22.0 Å². The van der Waals surface area contributed by atoms with Gasteiger partial charge in [-0.15, -0.1) is 6.42 Å². The Morgan fingerprint density at radius 2 is 2.36 bits per heavy atom. The molecule has 3 heteroatoms. The van der Waals surface area contributed by atoms with Gasteiger partial charge in [0.2, 0.25) is 0 Å². The van der Waals surface area contributed by atoms with Gasteiger partial charge < -0.3 is 5.73 Å². The molecule has 1 atom stereocenters. The number of hydrogen-bond acceptors (Lipinski definition) is 2. The molecular formula is C8H7BrN2. The molecule has 1 rings (SSSR count). The van der Waals surface area contributed by atoms with Gasteiger partial charge in [-0.25, -0.2) is 0 Å². The Kier molecular flexibility index (Phi) is 2.64. The van der Waals surface area contributed by atoms with Crippen molar-refractivity contribution in [2.45, 2.75) is 6.04 Å². The van der Waals surface area contributed by atoms with Crippen LogP contribution in [0, 0.1) is 12.3 Å². The summed E-state index contributed by atoms with van der Waals surface area (Å²) in [6.45, 7) is 0. The Balaban J connectivity index is 2.98. The predicted molar refractivity (Wildman–Crippen MR) is 47.7 cm³/mol. The molecule has 0 bridgehead atoms. The van der Waals surface area contributed by atoms with Gasteiger partial charge in [0.05, 0.1) is 6.04 Å². The van der Waals surface area contributed by atoms with Crippen molar-refractivity contribution in [1.29, 1.82) is 0 Å². The second-order valence-corrected chi connectivity index (χ2v) is 3.00. The van der Waals surface area contributed by atoms with Crippen molar-refractivity contribution in [2.24, 2.45) is 5.73 Å². The molecule has 1 aromatic heterocycles. The lowest BCUT2D eigenvalue weighted by molar-refractivity contribution is 0.932. The normalized spacial score (nSPS) is 12.1. The molecule has 0 aliphatic carbocycles. The first-order valence-corrected chi connectivity index (χ1v) is 3.85. The lowest BCUT2D eigenvalue weighted by Crippen LogP contribution is -2.07. The molecule has 1 unspecified atom stereocenters. The van der Waals surface area contributed by atoms with E-state index in [-0.39, 0.29) is 6.04 Å². The SMILES string of the molecule is C#CC(N)c1cncc(Br)c1. The monoisotopic (exact) mass is 210 g/mol. The van der Waals surface area contributed by atoms with Crippen LogP contribution in [-0.4, -0.2) is 4.98 Å². The van der Waals surface area contributed by atoms with Crippen LogP contribution in [-0.2, 0) is 0 Å². The average molecular weight is 211 g/mol. The molecule has 0 aromatic carbocycles. The molecule has 56 valence electrons. The van der Waals surface area contributed by atoms with Crippen LogP contribution in [0.25, 0.3) is 0 Å². The lowest BCUT2D eigenvalue weighted by atomic mass is 10.1. The molecule has 1 aromatic rings. The highest BCUT2D eigenvalue weighted by atomic mass is 79.9. The Labute approximate surface area is 74.0 Å². The van der Waals surface area contributed by atoms with Gasteiger partial charge in [0.1, 0.15) is 0 Å². The molecule has 0 fully saturated rings. The van der Waals surface area contributed by atoms with Crippen molar-refractivity contribution in [3.8, 4) is 12.3 Å². The predicted octanol–water partition coefficient (Wildman–Crippen LogP) is 1.48. The van der Waals surface area contributed by atoms with E-state index < -0.39 is 0 Å². The van der Waals surface area contributed by atoms with Crippen LogP contribution in [0.1, 0.15) is 11.6 Å². The van der Waals surface area contributed by atoms with Crippen LogP contribution < -0.4 is 5.73 Å². The molecule has 0 aliphatic heterocycles. The van der Waals surface area contributed by atoms with E-state index in [1.54, 1.807) is 12.4 Å². The lowest BCUT2D eigenvalue weighted by Gasteiger charge is -2.02. The van der Waals surface area contributed by atoms with Gasteiger partial charge in [0, 0.05) is 22.4 Å². The maximum Gasteiger partial charge on any atom is 0.0933 e. The maximum atomic E-state index is 5.57.